The van der Waals surface area contributed by atoms with Gasteiger partial charge in [0.1, 0.15) is 18.1 Å². The molecule has 2 rings (SSSR count). The van der Waals surface area contributed by atoms with Crippen molar-refractivity contribution >= 4 is 0 Å². The highest BCUT2D eigenvalue weighted by molar-refractivity contribution is 5.27. The van der Waals surface area contributed by atoms with E-state index in [4.69, 9.17) is 9.47 Å². The van der Waals surface area contributed by atoms with Crippen LogP contribution in [0.2, 0.25) is 0 Å². The van der Waals surface area contributed by atoms with Gasteiger partial charge in [-0.1, -0.05) is 63.3 Å². The Morgan fingerprint density at radius 2 is 1.39 bits per heavy atom. The molecule has 0 aromatic heterocycles. The van der Waals surface area contributed by atoms with Gasteiger partial charge in [0, 0.05) is 0 Å². The molecule has 0 saturated carbocycles. The van der Waals surface area contributed by atoms with Crippen LogP contribution in [-0.4, -0.2) is 6.61 Å². The second-order valence-corrected chi connectivity index (χ2v) is 5.78. The van der Waals surface area contributed by atoms with E-state index < -0.39 is 0 Å². The first kappa shape index (κ1) is 17.4. The van der Waals surface area contributed by atoms with Crippen LogP contribution < -0.4 is 9.47 Å². The Morgan fingerprint density at radius 3 is 2.13 bits per heavy atom. The van der Waals surface area contributed by atoms with Gasteiger partial charge in [-0.2, -0.15) is 0 Å². The number of hydrogen-bond acceptors (Lipinski definition) is 2. The van der Waals surface area contributed by atoms with Gasteiger partial charge in [0.2, 0.25) is 0 Å². The van der Waals surface area contributed by atoms with Crippen LogP contribution in [-0.2, 0) is 6.61 Å². The maximum absolute atomic E-state index is 5.79. The van der Waals surface area contributed by atoms with E-state index in [-0.39, 0.29) is 0 Å². The first-order chi connectivity index (χ1) is 11.4. The van der Waals surface area contributed by atoms with E-state index in [1.807, 2.05) is 36.4 Å². The van der Waals surface area contributed by atoms with E-state index in [0.29, 0.717) is 6.61 Å². The number of rotatable bonds is 11. The minimum Gasteiger partial charge on any atom is -0.494 e. The van der Waals surface area contributed by atoms with Gasteiger partial charge in [-0.3, -0.25) is 0 Å². The average molecular weight is 311 g/mol. The van der Waals surface area contributed by atoms with Crippen LogP contribution in [0.3, 0.4) is 0 Å². The topological polar surface area (TPSA) is 18.5 Å². The van der Waals surface area contributed by atoms with Crippen molar-refractivity contribution in [2.24, 2.45) is 0 Å². The first-order valence-electron chi connectivity index (χ1n) is 8.69. The van der Waals surface area contributed by atoms with Crippen molar-refractivity contribution in [2.45, 2.75) is 52.1 Å². The smallest absolute Gasteiger partial charge is 0.119 e. The predicted octanol–water partition coefficient (Wildman–Crippen LogP) is 5.81. The van der Waals surface area contributed by atoms with Crippen molar-refractivity contribution in [1.82, 2.24) is 0 Å². The molecule has 2 aromatic rings. The van der Waals surface area contributed by atoms with Gasteiger partial charge < -0.3 is 9.47 Å². The highest BCUT2D eigenvalue weighted by Gasteiger charge is 1.98. The lowest BCUT2D eigenvalue weighted by Crippen LogP contribution is -1.98. The normalized spacial score (nSPS) is 10.5. The molecule has 0 atom stereocenters. The maximum atomic E-state index is 5.79. The minimum absolute atomic E-state index is 0.571. The van der Waals surface area contributed by atoms with Gasteiger partial charge in [0.15, 0.2) is 0 Å². The van der Waals surface area contributed by atoms with Crippen LogP contribution in [0.25, 0.3) is 0 Å². The molecule has 0 spiro atoms. The van der Waals surface area contributed by atoms with Crippen LogP contribution in [0.15, 0.2) is 48.5 Å². The van der Waals surface area contributed by atoms with Gasteiger partial charge >= 0.3 is 0 Å². The van der Waals surface area contributed by atoms with Crippen LogP contribution in [0.1, 0.15) is 51.0 Å². The molecule has 0 amide bonds. The summed E-state index contributed by atoms with van der Waals surface area (Å²) in [5.41, 5.74) is 1.14. The van der Waals surface area contributed by atoms with Crippen LogP contribution in [0.4, 0.5) is 0 Å². The number of benzene rings is 2. The number of ether oxygens (including phenoxy) is 2. The summed E-state index contributed by atoms with van der Waals surface area (Å²) in [7, 11) is 0. The molecule has 0 fully saturated rings. The maximum Gasteiger partial charge on any atom is 0.119 e. The molecule has 123 valence electrons. The molecule has 0 saturated heterocycles. The van der Waals surface area contributed by atoms with Gasteiger partial charge in [-0.05, 0) is 42.3 Å². The van der Waals surface area contributed by atoms with Gasteiger partial charge in [-0.25, -0.2) is 0 Å². The Hall–Kier alpha value is -1.96. The van der Waals surface area contributed by atoms with Crippen LogP contribution in [0, 0.1) is 6.07 Å². The fraction of sp³-hybridized carbons (Fsp3) is 0.429. The molecule has 23 heavy (non-hydrogen) atoms. The number of unbranched alkanes of at least 4 members (excludes halogenated alkanes) is 5. The molecule has 2 aromatic carbocycles. The predicted molar refractivity (Wildman–Crippen MR) is 94.9 cm³/mol. The molecule has 1 radical (unpaired) electrons. The lowest BCUT2D eigenvalue weighted by atomic mass is 10.1. The van der Waals surface area contributed by atoms with Gasteiger partial charge in [0.05, 0.1) is 6.61 Å². The highest BCUT2D eigenvalue weighted by Crippen LogP contribution is 2.16. The highest BCUT2D eigenvalue weighted by atomic mass is 16.5. The average Bonchev–Trinajstić information content (AvgIpc) is 2.61. The molecular weight excluding hydrogens is 284 g/mol. The van der Waals surface area contributed by atoms with Crippen molar-refractivity contribution in [3.8, 4) is 11.5 Å². The zero-order chi connectivity index (χ0) is 16.2. The second-order valence-electron chi connectivity index (χ2n) is 5.78. The molecule has 2 heteroatoms. The van der Waals surface area contributed by atoms with E-state index >= 15 is 0 Å². The molecule has 0 heterocycles. The summed E-state index contributed by atoms with van der Waals surface area (Å²) in [5.74, 6) is 1.81. The van der Waals surface area contributed by atoms with Crippen molar-refractivity contribution in [3.05, 3.63) is 60.2 Å². The lowest BCUT2D eigenvalue weighted by molar-refractivity contribution is 0.300. The molecule has 0 bridgehead atoms. The van der Waals surface area contributed by atoms with Crippen LogP contribution in [0.5, 0.6) is 11.5 Å². The summed E-state index contributed by atoms with van der Waals surface area (Å²) in [6.07, 6.45) is 7.73. The summed E-state index contributed by atoms with van der Waals surface area (Å²) >= 11 is 0. The monoisotopic (exact) mass is 311 g/mol. The van der Waals surface area contributed by atoms with Crippen molar-refractivity contribution < 1.29 is 9.47 Å². The third kappa shape index (κ3) is 7.23. The standard InChI is InChI=1S/C21H27O2/c1-2-3-4-5-6-10-17-22-21-15-13-19(14-16-21)18-23-20-11-8-7-9-12-20/h8-9,11-16H,2-6,10,17-18H2,1H3. The van der Waals surface area contributed by atoms with Crippen molar-refractivity contribution in [2.75, 3.05) is 6.61 Å². The zero-order valence-corrected chi connectivity index (χ0v) is 14.1. The van der Waals surface area contributed by atoms with Crippen molar-refractivity contribution in [1.29, 1.82) is 0 Å². The largest absolute Gasteiger partial charge is 0.494 e. The lowest BCUT2D eigenvalue weighted by Gasteiger charge is -2.08. The van der Waals surface area contributed by atoms with E-state index in [2.05, 4.69) is 25.1 Å². The van der Waals surface area contributed by atoms with Crippen molar-refractivity contribution in [3.63, 3.8) is 0 Å². The fourth-order valence-corrected chi connectivity index (χ4v) is 2.39. The number of hydrogen-bond donors (Lipinski definition) is 0. The molecule has 0 aliphatic rings. The van der Waals surface area contributed by atoms with E-state index in [1.165, 1.54) is 32.1 Å². The Kier molecular flexibility index (Phi) is 8.10. The zero-order valence-electron chi connectivity index (χ0n) is 14.1. The Bertz CT molecular complexity index is 519. The van der Waals surface area contributed by atoms with Gasteiger partial charge in [-0.15, -0.1) is 0 Å². The molecule has 0 unspecified atom stereocenters. The third-order valence-electron chi connectivity index (χ3n) is 3.78. The summed E-state index contributed by atoms with van der Waals surface area (Å²) in [6.45, 7) is 3.63. The summed E-state index contributed by atoms with van der Waals surface area (Å²) < 4.78 is 11.5. The third-order valence-corrected chi connectivity index (χ3v) is 3.78. The Labute approximate surface area is 140 Å². The summed E-state index contributed by atoms with van der Waals surface area (Å²) in [5, 5.41) is 0. The van der Waals surface area contributed by atoms with Gasteiger partial charge in [0.25, 0.3) is 0 Å². The summed E-state index contributed by atoms with van der Waals surface area (Å²) in [4.78, 5) is 0. The van der Waals surface area contributed by atoms with E-state index in [1.54, 1.807) is 0 Å². The Balaban J connectivity index is 1.62. The molecule has 2 nitrogen and oxygen atoms in total. The Morgan fingerprint density at radius 1 is 0.739 bits per heavy atom. The summed E-state index contributed by atoms with van der Waals surface area (Å²) in [6, 6.07) is 18.7. The molecular formula is C21H27O2. The molecule has 0 N–H and O–H groups in total. The quantitative estimate of drug-likeness (QED) is 0.488. The SMILES string of the molecule is CCCCCCCCOc1ccc(COc2cc[c]cc2)cc1. The van der Waals surface area contributed by atoms with E-state index in [9.17, 15) is 0 Å². The second kappa shape index (κ2) is 10.7. The first-order valence-corrected chi connectivity index (χ1v) is 8.69. The van der Waals surface area contributed by atoms with Crippen LogP contribution >= 0.6 is 0 Å². The van der Waals surface area contributed by atoms with E-state index in [0.717, 1.165) is 30.1 Å². The molecule has 0 aliphatic carbocycles. The molecule has 0 aliphatic heterocycles. The fourth-order valence-electron chi connectivity index (χ4n) is 2.39. The minimum atomic E-state index is 0.571.